The van der Waals surface area contributed by atoms with E-state index in [-0.39, 0.29) is 0 Å². The molecule has 18 heavy (non-hydrogen) atoms. The Morgan fingerprint density at radius 3 is 2.17 bits per heavy atom. The maximum Gasteiger partial charge on any atom is 0.456 e. The fourth-order valence-corrected chi connectivity index (χ4v) is 1.27. The summed E-state index contributed by atoms with van der Waals surface area (Å²) < 4.78 is 79.3. The van der Waals surface area contributed by atoms with Gasteiger partial charge >= 0.3 is 12.1 Å². The van der Waals surface area contributed by atoms with E-state index in [0.29, 0.717) is 6.07 Å². The Labute approximate surface area is 97.8 Å². The van der Waals surface area contributed by atoms with Gasteiger partial charge in [-0.1, -0.05) is 0 Å². The molecule has 0 spiro atoms. The number of halogens is 6. The molecule has 0 aliphatic rings. The molecule has 1 rings (SSSR count). The van der Waals surface area contributed by atoms with Gasteiger partial charge in [-0.05, 0) is 18.2 Å². The zero-order chi connectivity index (χ0) is 14.1. The maximum atomic E-state index is 12.9. The lowest BCUT2D eigenvalue weighted by Gasteiger charge is -2.26. The van der Waals surface area contributed by atoms with Gasteiger partial charge in [-0.3, -0.25) is 0 Å². The van der Waals surface area contributed by atoms with Crippen molar-refractivity contribution in [2.45, 2.75) is 18.2 Å². The molecular formula is C10H8F6O2. The van der Waals surface area contributed by atoms with Gasteiger partial charge in [0.05, 0.1) is 7.11 Å². The molecule has 0 aliphatic carbocycles. The number of aliphatic hydroxyl groups excluding tert-OH is 1. The van der Waals surface area contributed by atoms with Gasteiger partial charge in [0.15, 0.2) is 6.10 Å². The first-order valence-corrected chi connectivity index (χ1v) is 4.57. The van der Waals surface area contributed by atoms with E-state index in [1.807, 2.05) is 0 Å². The second-order valence-corrected chi connectivity index (χ2v) is 3.41. The minimum atomic E-state index is -5.95. The first kappa shape index (κ1) is 14.6. The number of benzene rings is 1. The van der Waals surface area contributed by atoms with Crippen molar-refractivity contribution in [3.8, 4) is 5.75 Å². The van der Waals surface area contributed by atoms with Crippen molar-refractivity contribution in [3.63, 3.8) is 0 Å². The Kier molecular flexibility index (Phi) is 3.80. The molecule has 0 saturated heterocycles. The number of hydrogen-bond acceptors (Lipinski definition) is 2. The lowest BCUT2D eigenvalue weighted by molar-refractivity contribution is -0.315. The third-order valence-electron chi connectivity index (χ3n) is 2.21. The van der Waals surface area contributed by atoms with E-state index in [9.17, 15) is 26.3 Å². The van der Waals surface area contributed by atoms with E-state index in [1.165, 1.54) is 0 Å². The van der Waals surface area contributed by atoms with E-state index in [4.69, 9.17) is 5.11 Å². The molecule has 1 N–H and O–H groups in total. The zero-order valence-corrected chi connectivity index (χ0v) is 8.93. The molecule has 0 amide bonds. The van der Waals surface area contributed by atoms with Crippen LogP contribution in [0, 0.1) is 5.82 Å². The molecule has 0 aliphatic heterocycles. The summed E-state index contributed by atoms with van der Waals surface area (Å²) in [6.07, 6.45) is -9.20. The normalized spacial score (nSPS) is 14.4. The SMILES string of the molecule is COc1ccc(F)cc1C(O)C(F)(F)C(F)(F)F. The van der Waals surface area contributed by atoms with Crippen LogP contribution in [-0.4, -0.2) is 24.3 Å². The van der Waals surface area contributed by atoms with E-state index >= 15 is 0 Å². The highest BCUT2D eigenvalue weighted by Crippen LogP contribution is 2.46. The lowest BCUT2D eigenvalue weighted by Crippen LogP contribution is -2.42. The van der Waals surface area contributed by atoms with Crippen LogP contribution in [0.25, 0.3) is 0 Å². The van der Waals surface area contributed by atoms with Gasteiger partial charge in [0, 0.05) is 5.56 Å². The molecule has 0 heterocycles. The number of methoxy groups -OCH3 is 1. The van der Waals surface area contributed by atoms with Gasteiger partial charge in [-0.15, -0.1) is 0 Å². The Balaban J connectivity index is 3.26. The van der Waals surface area contributed by atoms with Gasteiger partial charge in [0.1, 0.15) is 11.6 Å². The third kappa shape index (κ3) is 2.53. The smallest absolute Gasteiger partial charge is 0.456 e. The summed E-state index contributed by atoms with van der Waals surface area (Å²) in [5.41, 5.74) is -0.972. The number of rotatable bonds is 3. The topological polar surface area (TPSA) is 29.5 Å². The molecule has 0 radical (unpaired) electrons. The molecule has 1 aromatic carbocycles. The largest absolute Gasteiger partial charge is 0.496 e. The van der Waals surface area contributed by atoms with Crippen LogP contribution in [0.4, 0.5) is 26.3 Å². The van der Waals surface area contributed by atoms with Crippen LogP contribution in [0.1, 0.15) is 11.7 Å². The number of hydrogen-bond donors (Lipinski definition) is 1. The number of aliphatic hydroxyl groups is 1. The Bertz CT molecular complexity index is 429. The van der Waals surface area contributed by atoms with Crippen LogP contribution in [0.15, 0.2) is 18.2 Å². The summed E-state index contributed by atoms with van der Waals surface area (Å²) in [4.78, 5) is 0. The second kappa shape index (κ2) is 4.68. The average molecular weight is 274 g/mol. The van der Waals surface area contributed by atoms with Crippen molar-refractivity contribution in [3.05, 3.63) is 29.6 Å². The highest BCUT2D eigenvalue weighted by molar-refractivity contribution is 5.37. The fraction of sp³-hybridized carbons (Fsp3) is 0.400. The first-order valence-electron chi connectivity index (χ1n) is 4.57. The molecule has 1 atom stereocenters. The summed E-state index contributed by atoms with van der Waals surface area (Å²) in [6, 6.07) is 2.02. The Morgan fingerprint density at radius 1 is 1.17 bits per heavy atom. The minimum Gasteiger partial charge on any atom is -0.496 e. The maximum absolute atomic E-state index is 12.9. The quantitative estimate of drug-likeness (QED) is 0.858. The van der Waals surface area contributed by atoms with E-state index in [0.717, 1.165) is 19.2 Å². The molecule has 1 unspecified atom stereocenters. The van der Waals surface area contributed by atoms with Crippen LogP contribution in [0.5, 0.6) is 5.75 Å². The van der Waals surface area contributed by atoms with Crippen LogP contribution in [-0.2, 0) is 0 Å². The molecule has 1 aromatic rings. The Hall–Kier alpha value is -1.44. The zero-order valence-electron chi connectivity index (χ0n) is 8.93. The van der Waals surface area contributed by atoms with Crippen molar-refractivity contribution in [1.29, 1.82) is 0 Å². The molecule has 102 valence electrons. The second-order valence-electron chi connectivity index (χ2n) is 3.41. The van der Waals surface area contributed by atoms with E-state index in [2.05, 4.69) is 4.74 Å². The number of alkyl halides is 5. The molecule has 2 nitrogen and oxygen atoms in total. The highest BCUT2D eigenvalue weighted by atomic mass is 19.4. The summed E-state index contributed by atoms with van der Waals surface area (Å²) in [7, 11) is 0.995. The average Bonchev–Trinajstić information content (AvgIpc) is 2.26. The molecule has 0 fully saturated rings. The lowest BCUT2D eigenvalue weighted by atomic mass is 10.0. The predicted molar refractivity (Wildman–Crippen MR) is 48.9 cm³/mol. The summed E-state index contributed by atoms with van der Waals surface area (Å²) in [5, 5.41) is 9.10. The van der Waals surface area contributed by atoms with Crippen LogP contribution in [0.2, 0.25) is 0 Å². The highest BCUT2D eigenvalue weighted by Gasteiger charge is 2.63. The van der Waals surface area contributed by atoms with Gasteiger partial charge < -0.3 is 9.84 Å². The molecular weight excluding hydrogens is 266 g/mol. The van der Waals surface area contributed by atoms with E-state index in [1.54, 1.807) is 0 Å². The van der Waals surface area contributed by atoms with Crippen molar-refractivity contribution < 1.29 is 36.2 Å². The predicted octanol–water partition coefficient (Wildman–Crippen LogP) is 3.07. The monoisotopic (exact) mass is 274 g/mol. The molecule has 0 saturated carbocycles. The molecule has 0 aromatic heterocycles. The third-order valence-corrected chi connectivity index (χ3v) is 2.21. The van der Waals surface area contributed by atoms with Gasteiger partial charge in [-0.2, -0.15) is 22.0 Å². The van der Waals surface area contributed by atoms with Gasteiger partial charge in [-0.25, -0.2) is 4.39 Å². The van der Waals surface area contributed by atoms with Crippen molar-refractivity contribution in [2.24, 2.45) is 0 Å². The van der Waals surface area contributed by atoms with Crippen molar-refractivity contribution in [1.82, 2.24) is 0 Å². The van der Waals surface area contributed by atoms with Crippen LogP contribution in [0.3, 0.4) is 0 Å². The summed E-state index contributed by atoms with van der Waals surface area (Å²) >= 11 is 0. The fourth-order valence-electron chi connectivity index (χ4n) is 1.27. The first-order chi connectivity index (χ1) is 8.11. The number of ether oxygens (including phenoxy) is 1. The van der Waals surface area contributed by atoms with Gasteiger partial charge in [0.25, 0.3) is 0 Å². The molecule has 0 bridgehead atoms. The van der Waals surface area contributed by atoms with E-state index < -0.39 is 35.3 Å². The standard InChI is InChI=1S/C10H8F6O2/c1-18-7-3-2-5(11)4-6(7)8(17)9(12,13)10(14,15)16/h2-4,8,17H,1H3. The summed E-state index contributed by atoms with van der Waals surface area (Å²) in [6.45, 7) is 0. The Morgan fingerprint density at radius 2 is 1.72 bits per heavy atom. The van der Waals surface area contributed by atoms with Crippen LogP contribution < -0.4 is 4.74 Å². The van der Waals surface area contributed by atoms with Gasteiger partial charge in [0.2, 0.25) is 0 Å². The summed E-state index contributed by atoms with van der Waals surface area (Å²) in [5.74, 6) is -6.94. The van der Waals surface area contributed by atoms with Crippen molar-refractivity contribution in [2.75, 3.05) is 7.11 Å². The minimum absolute atomic E-state index is 0.364. The molecule has 8 heteroatoms. The van der Waals surface area contributed by atoms with Crippen LogP contribution >= 0.6 is 0 Å². The van der Waals surface area contributed by atoms with Crippen molar-refractivity contribution >= 4 is 0 Å².